The highest BCUT2D eigenvalue weighted by molar-refractivity contribution is 5.30. The van der Waals surface area contributed by atoms with E-state index in [4.69, 9.17) is 5.26 Å². The zero-order valence-electron chi connectivity index (χ0n) is 7.41. The fraction of sp³-hybridized carbons (Fsp3) is 0.400. The second kappa shape index (κ2) is 3.87. The van der Waals surface area contributed by atoms with Crippen LogP contribution in [0.5, 0.6) is 0 Å². The Labute approximate surface area is 72.9 Å². The number of pyridine rings is 1. The van der Waals surface area contributed by atoms with Gasteiger partial charge in [-0.15, -0.1) is 0 Å². The van der Waals surface area contributed by atoms with Crippen molar-refractivity contribution in [1.82, 2.24) is 4.98 Å². The molecule has 0 atom stereocenters. The van der Waals surface area contributed by atoms with E-state index in [1.54, 1.807) is 6.20 Å². The topological polar surface area (TPSA) is 36.7 Å². The molecule has 0 saturated carbocycles. The molecular formula is C10H12N2. The Kier molecular flexibility index (Phi) is 2.82. The van der Waals surface area contributed by atoms with E-state index < -0.39 is 0 Å². The molecular weight excluding hydrogens is 148 g/mol. The van der Waals surface area contributed by atoms with Gasteiger partial charge in [0.2, 0.25) is 0 Å². The SMILES string of the molecule is CC(C)Cc1cccnc1C#N. The highest BCUT2D eigenvalue weighted by Gasteiger charge is 2.03. The fourth-order valence-electron chi connectivity index (χ4n) is 1.14. The van der Waals surface area contributed by atoms with Crippen LogP contribution < -0.4 is 0 Å². The summed E-state index contributed by atoms with van der Waals surface area (Å²) in [7, 11) is 0. The molecule has 0 amide bonds. The van der Waals surface area contributed by atoms with E-state index in [9.17, 15) is 0 Å². The van der Waals surface area contributed by atoms with Gasteiger partial charge in [0.25, 0.3) is 0 Å². The lowest BCUT2D eigenvalue weighted by Gasteiger charge is -2.04. The van der Waals surface area contributed by atoms with Crippen molar-refractivity contribution in [2.24, 2.45) is 5.92 Å². The van der Waals surface area contributed by atoms with Crippen LogP contribution in [0.2, 0.25) is 0 Å². The summed E-state index contributed by atoms with van der Waals surface area (Å²) >= 11 is 0. The first-order chi connectivity index (χ1) is 5.74. The summed E-state index contributed by atoms with van der Waals surface area (Å²) in [5, 5.41) is 8.72. The molecule has 1 aromatic rings. The first-order valence-corrected chi connectivity index (χ1v) is 4.08. The van der Waals surface area contributed by atoms with Crippen LogP contribution in [0.4, 0.5) is 0 Å². The molecule has 0 radical (unpaired) electrons. The lowest BCUT2D eigenvalue weighted by Crippen LogP contribution is -1.98. The van der Waals surface area contributed by atoms with Crippen molar-refractivity contribution in [2.45, 2.75) is 20.3 Å². The standard InChI is InChI=1S/C10H12N2/c1-8(2)6-9-4-3-5-12-10(9)7-11/h3-5,8H,6H2,1-2H3. The maximum atomic E-state index is 8.72. The monoisotopic (exact) mass is 160 g/mol. The minimum Gasteiger partial charge on any atom is -0.245 e. The average molecular weight is 160 g/mol. The molecule has 1 rings (SSSR count). The fourth-order valence-corrected chi connectivity index (χ4v) is 1.14. The summed E-state index contributed by atoms with van der Waals surface area (Å²) in [5.74, 6) is 0.571. The molecule has 0 bridgehead atoms. The predicted octanol–water partition coefficient (Wildman–Crippen LogP) is 2.15. The molecule has 62 valence electrons. The molecule has 0 aliphatic heterocycles. The molecule has 0 spiro atoms. The first-order valence-electron chi connectivity index (χ1n) is 4.08. The zero-order chi connectivity index (χ0) is 8.97. The Morgan fingerprint density at radius 3 is 2.92 bits per heavy atom. The van der Waals surface area contributed by atoms with E-state index in [0.29, 0.717) is 11.6 Å². The average Bonchev–Trinajstić information content (AvgIpc) is 2.04. The van der Waals surface area contributed by atoms with Gasteiger partial charge in [-0.2, -0.15) is 5.26 Å². The minimum atomic E-state index is 0.561. The van der Waals surface area contributed by atoms with Crippen LogP contribution in [-0.2, 0) is 6.42 Å². The van der Waals surface area contributed by atoms with Crippen LogP contribution in [0.3, 0.4) is 0 Å². The Morgan fingerprint density at radius 2 is 2.33 bits per heavy atom. The van der Waals surface area contributed by atoms with Gasteiger partial charge >= 0.3 is 0 Å². The largest absolute Gasteiger partial charge is 0.245 e. The predicted molar refractivity (Wildman–Crippen MR) is 47.5 cm³/mol. The van der Waals surface area contributed by atoms with Crippen LogP contribution in [0.1, 0.15) is 25.1 Å². The summed E-state index contributed by atoms with van der Waals surface area (Å²) in [6.07, 6.45) is 2.58. The van der Waals surface area contributed by atoms with E-state index in [1.807, 2.05) is 12.1 Å². The van der Waals surface area contributed by atoms with Gasteiger partial charge in [0.1, 0.15) is 11.8 Å². The van der Waals surface area contributed by atoms with Crippen LogP contribution in [0.15, 0.2) is 18.3 Å². The van der Waals surface area contributed by atoms with Gasteiger partial charge in [0, 0.05) is 6.20 Å². The van der Waals surface area contributed by atoms with Crippen molar-refractivity contribution < 1.29 is 0 Å². The molecule has 0 fully saturated rings. The highest BCUT2D eigenvalue weighted by Crippen LogP contribution is 2.09. The van der Waals surface area contributed by atoms with Crippen LogP contribution in [0, 0.1) is 17.2 Å². The van der Waals surface area contributed by atoms with Crippen molar-refractivity contribution >= 4 is 0 Å². The van der Waals surface area contributed by atoms with Crippen molar-refractivity contribution in [2.75, 3.05) is 0 Å². The number of nitriles is 1. The van der Waals surface area contributed by atoms with E-state index in [-0.39, 0.29) is 0 Å². The maximum Gasteiger partial charge on any atom is 0.143 e. The van der Waals surface area contributed by atoms with E-state index in [2.05, 4.69) is 24.9 Å². The molecule has 2 heteroatoms. The van der Waals surface area contributed by atoms with Crippen LogP contribution in [0.25, 0.3) is 0 Å². The van der Waals surface area contributed by atoms with E-state index in [1.165, 1.54) is 0 Å². The Bertz CT molecular complexity index is 297. The number of hydrogen-bond donors (Lipinski definition) is 0. The van der Waals surface area contributed by atoms with Crippen LogP contribution >= 0.6 is 0 Å². The summed E-state index contributed by atoms with van der Waals surface area (Å²) in [4.78, 5) is 3.99. The number of hydrogen-bond acceptors (Lipinski definition) is 2. The molecule has 1 aromatic heterocycles. The summed E-state index contributed by atoms with van der Waals surface area (Å²) in [6, 6.07) is 5.93. The minimum absolute atomic E-state index is 0.561. The van der Waals surface area contributed by atoms with Gasteiger partial charge in [0.05, 0.1) is 0 Å². The van der Waals surface area contributed by atoms with Crippen molar-refractivity contribution in [3.8, 4) is 6.07 Å². The van der Waals surface area contributed by atoms with Gasteiger partial charge in [0.15, 0.2) is 0 Å². The molecule has 0 aliphatic carbocycles. The van der Waals surface area contributed by atoms with Gasteiger partial charge in [-0.1, -0.05) is 19.9 Å². The molecule has 0 N–H and O–H groups in total. The molecule has 12 heavy (non-hydrogen) atoms. The summed E-state index contributed by atoms with van der Waals surface area (Å²) < 4.78 is 0. The zero-order valence-corrected chi connectivity index (χ0v) is 7.41. The van der Waals surface area contributed by atoms with Gasteiger partial charge < -0.3 is 0 Å². The van der Waals surface area contributed by atoms with Crippen molar-refractivity contribution in [1.29, 1.82) is 5.26 Å². The van der Waals surface area contributed by atoms with E-state index >= 15 is 0 Å². The van der Waals surface area contributed by atoms with E-state index in [0.717, 1.165) is 12.0 Å². The van der Waals surface area contributed by atoms with Crippen molar-refractivity contribution in [3.05, 3.63) is 29.6 Å². The number of nitrogens with zero attached hydrogens (tertiary/aromatic N) is 2. The summed E-state index contributed by atoms with van der Waals surface area (Å²) in [5.41, 5.74) is 1.61. The molecule has 0 aromatic carbocycles. The smallest absolute Gasteiger partial charge is 0.143 e. The molecule has 1 heterocycles. The molecule has 0 saturated heterocycles. The summed E-state index contributed by atoms with van der Waals surface area (Å²) in [6.45, 7) is 4.27. The van der Waals surface area contributed by atoms with Gasteiger partial charge in [-0.3, -0.25) is 0 Å². The van der Waals surface area contributed by atoms with Gasteiger partial charge in [-0.25, -0.2) is 4.98 Å². The van der Waals surface area contributed by atoms with Gasteiger partial charge in [-0.05, 0) is 24.0 Å². The molecule has 2 nitrogen and oxygen atoms in total. The van der Waals surface area contributed by atoms with Crippen molar-refractivity contribution in [3.63, 3.8) is 0 Å². The second-order valence-electron chi connectivity index (χ2n) is 3.22. The van der Waals surface area contributed by atoms with Crippen LogP contribution in [-0.4, -0.2) is 4.98 Å². The Balaban J connectivity index is 2.91. The number of aromatic nitrogens is 1. The third-order valence-electron chi connectivity index (χ3n) is 1.63. The lowest BCUT2D eigenvalue weighted by atomic mass is 10.0. The Morgan fingerprint density at radius 1 is 1.58 bits per heavy atom. The third kappa shape index (κ3) is 2.06. The normalized spacial score (nSPS) is 9.83. The molecule has 0 unspecified atom stereocenters. The second-order valence-corrected chi connectivity index (χ2v) is 3.22. The molecule has 0 aliphatic rings. The lowest BCUT2D eigenvalue weighted by molar-refractivity contribution is 0.644. The first kappa shape index (κ1) is 8.73. The third-order valence-corrected chi connectivity index (χ3v) is 1.63. The highest BCUT2D eigenvalue weighted by atomic mass is 14.7. The maximum absolute atomic E-state index is 8.72. The Hall–Kier alpha value is -1.36. The quantitative estimate of drug-likeness (QED) is 0.664. The number of rotatable bonds is 2.